The molecule has 1 unspecified atom stereocenters. The minimum absolute atomic E-state index is 0.173. The first-order valence-electron chi connectivity index (χ1n) is 7.53. The Morgan fingerprint density at radius 1 is 1.20 bits per heavy atom. The number of hydrogen-bond donors (Lipinski definition) is 1. The second-order valence-electron chi connectivity index (χ2n) is 5.48. The highest BCUT2D eigenvalue weighted by Crippen LogP contribution is 2.31. The molecule has 1 atom stereocenters. The number of nitrogens with zero attached hydrogens (tertiary/aromatic N) is 1. The van der Waals surface area contributed by atoms with Crippen molar-refractivity contribution >= 4 is 33.0 Å². The average molecular weight is 382 g/mol. The van der Waals surface area contributed by atoms with Crippen molar-refractivity contribution in [2.75, 3.05) is 25.7 Å². The van der Waals surface area contributed by atoms with Crippen molar-refractivity contribution in [3.63, 3.8) is 0 Å². The highest BCUT2D eigenvalue weighted by atomic mass is 32.2. The Bertz CT molecular complexity index is 842. The molecule has 0 spiro atoms. The van der Waals surface area contributed by atoms with E-state index < -0.39 is 16.1 Å². The van der Waals surface area contributed by atoms with Gasteiger partial charge >= 0.3 is 0 Å². The van der Waals surface area contributed by atoms with Crippen molar-refractivity contribution in [3.8, 4) is 11.5 Å². The summed E-state index contributed by atoms with van der Waals surface area (Å²) < 4.78 is 37.6. The Labute approximate surface area is 150 Å². The number of carbonyl (C=O) groups excluding carboxylic acids is 1. The van der Waals surface area contributed by atoms with Crippen molar-refractivity contribution in [1.82, 2.24) is 4.72 Å². The molecule has 0 aliphatic carbocycles. The molecule has 1 aromatic carbocycles. The summed E-state index contributed by atoms with van der Waals surface area (Å²) in [5.74, 6) is 0.822. The maximum atomic E-state index is 12.7. The minimum atomic E-state index is -3.70. The predicted octanol–water partition coefficient (Wildman–Crippen LogP) is 1.85. The first kappa shape index (κ1) is 17.7. The summed E-state index contributed by atoms with van der Waals surface area (Å²) in [5, 5.41) is 3.21. The lowest BCUT2D eigenvalue weighted by atomic mass is 10.2. The van der Waals surface area contributed by atoms with Crippen LogP contribution in [0.4, 0.5) is 5.69 Å². The normalized spacial score (nSPS) is 17.8. The van der Waals surface area contributed by atoms with E-state index in [0.29, 0.717) is 30.2 Å². The second-order valence-corrected chi connectivity index (χ2v) is 7.98. The van der Waals surface area contributed by atoms with E-state index in [0.717, 1.165) is 0 Å². The summed E-state index contributed by atoms with van der Waals surface area (Å²) in [6.07, 6.45) is 0.391. The number of carbonyl (C=O) groups is 1. The summed E-state index contributed by atoms with van der Waals surface area (Å²) in [6.45, 7) is 0.409. The molecule has 2 heterocycles. The molecular formula is C16H18N2O5S2. The van der Waals surface area contributed by atoms with Gasteiger partial charge < -0.3 is 14.4 Å². The van der Waals surface area contributed by atoms with Gasteiger partial charge in [-0.05, 0) is 17.9 Å². The van der Waals surface area contributed by atoms with Crippen LogP contribution in [0.15, 0.2) is 39.9 Å². The standard InChI is InChI=1S/C16H18N2O5S2/c1-22-12-7-11(8-13(9-12)23-2)18-5-3-15(16(18)19)17-25(20,21)14-4-6-24-10-14/h4,6-10,15,17H,3,5H2,1-2H3. The molecule has 1 N–H and O–H groups in total. The monoisotopic (exact) mass is 382 g/mol. The Balaban J connectivity index is 1.80. The number of nitrogens with one attached hydrogen (secondary N) is 1. The van der Waals surface area contributed by atoms with E-state index in [1.165, 1.54) is 41.9 Å². The molecule has 1 fully saturated rings. The maximum absolute atomic E-state index is 12.7. The van der Waals surface area contributed by atoms with Gasteiger partial charge in [0.15, 0.2) is 0 Å². The van der Waals surface area contributed by atoms with Gasteiger partial charge in [0.2, 0.25) is 15.9 Å². The highest BCUT2D eigenvalue weighted by molar-refractivity contribution is 7.89. The molecule has 0 saturated carbocycles. The maximum Gasteiger partial charge on any atom is 0.245 e. The van der Waals surface area contributed by atoms with Crippen molar-refractivity contribution < 1.29 is 22.7 Å². The lowest BCUT2D eigenvalue weighted by Gasteiger charge is -2.19. The fourth-order valence-corrected chi connectivity index (χ4v) is 4.91. The molecule has 0 bridgehead atoms. The largest absolute Gasteiger partial charge is 0.497 e. The molecule has 1 aliphatic rings. The number of sulfonamides is 1. The number of rotatable bonds is 6. The van der Waals surface area contributed by atoms with Gasteiger partial charge in [0.25, 0.3) is 0 Å². The van der Waals surface area contributed by atoms with E-state index in [9.17, 15) is 13.2 Å². The van der Waals surface area contributed by atoms with Crippen LogP contribution < -0.4 is 19.1 Å². The SMILES string of the molecule is COc1cc(OC)cc(N2CCC(NS(=O)(=O)c3ccsc3)C2=O)c1. The summed E-state index contributed by atoms with van der Waals surface area (Å²) >= 11 is 1.29. The number of methoxy groups -OCH3 is 2. The topological polar surface area (TPSA) is 84.9 Å². The van der Waals surface area contributed by atoms with Gasteiger partial charge in [-0.1, -0.05) is 0 Å². The zero-order valence-corrected chi connectivity index (χ0v) is 15.4. The van der Waals surface area contributed by atoms with Gasteiger partial charge in [0.05, 0.1) is 24.8 Å². The third kappa shape index (κ3) is 3.63. The summed E-state index contributed by atoms with van der Waals surface area (Å²) in [4.78, 5) is 14.4. The van der Waals surface area contributed by atoms with E-state index in [1.807, 2.05) is 0 Å². The van der Waals surface area contributed by atoms with E-state index >= 15 is 0 Å². The van der Waals surface area contributed by atoms with Crippen LogP contribution in [0.2, 0.25) is 0 Å². The Morgan fingerprint density at radius 3 is 2.44 bits per heavy atom. The molecule has 7 nitrogen and oxygen atoms in total. The molecule has 1 saturated heterocycles. The summed E-state index contributed by atoms with van der Waals surface area (Å²) in [7, 11) is -0.641. The van der Waals surface area contributed by atoms with Crippen LogP contribution >= 0.6 is 11.3 Å². The van der Waals surface area contributed by atoms with Crippen LogP contribution in [0.5, 0.6) is 11.5 Å². The fraction of sp³-hybridized carbons (Fsp3) is 0.312. The summed E-state index contributed by atoms with van der Waals surface area (Å²) in [6, 6.07) is 5.87. The number of benzene rings is 1. The number of hydrogen-bond acceptors (Lipinski definition) is 6. The first-order chi connectivity index (χ1) is 11.9. The van der Waals surface area contributed by atoms with Crippen molar-refractivity contribution in [2.45, 2.75) is 17.4 Å². The molecule has 9 heteroatoms. The zero-order valence-electron chi connectivity index (χ0n) is 13.8. The van der Waals surface area contributed by atoms with Crippen LogP contribution in [0.3, 0.4) is 0 Å². The van der Waals surface area contributed by atoms with Crippen molar-refractivity contribution in [3.05, 3.63) is 35.0 Å². The number of amides is 1. The number of ether oxygens (including phenoxy) is 2. The van der Waals surface area contributed by atoms with E-state index in [-0.39, 0.29) is 10.8 Å². The van der Waals surface area contributed by atoms with Crippen molar-refractivity contribution in [2.24, 2.45) is 0 Å². The zero-order chi connectivity index (χ0) is 18.0. The van der Waals surface area contributed by atoms with Gasteiger partial charge in [-0.3, -0.25) is 4.79 Å². The predicted molar refractivity (Wildman–Crippen MR) is 94.9 cm³/mol. The highest BCUT2D eigenvalue weighted by Gasteiger charge is 2.36. The quantitative estimate of drug-likeness (QED) is 0.824. The smallest absolute Gasteiger partial charge is 0.245 e. The first-order valence-corrected chi connectivity index (χ1v) is 9.96. The van der Waals surface area contributed by atoms with Gasteiger partial charge in [-0.2, -0.15) is 16.1 Å². The van der Waals surface area contributed by atoms with E-state index in [2.05, 4.69) is 4.72 Å². The minimum Gasteiger partial charge on any atom is -0.497 e. The second kappa shape index (κ2) is 7.03. The average Bonchev–Trinajstić information content (AvgIpc) is 3.26. The fourth-order valence-electron chi connectivity index (χ4n) is 2.65. The summed E-state index contributed by atoms with van der Waals surface area (Å²) in [5.41, 5.74) is 0.610. The van der Waals surface area contributed by atoms with Crippen LogP contribution in [-0.4, -0.2) is 41.1 Å². The lowest BCUT2D eigenvalue weighted by Crippen LogP contribution is -2.41. The van der Waals surface area contributed by atoms with Crippen LogP contribution in [0, 0.1) is 0 Å². The molecule has 2 aromatic rings. The Kier molecular flexibility index (Phi) is 4.98. The van der Waals surface area contributed by atoms with E-state index in [1.54, 1.807) is 23.6 Å². The molecule has 1 amide bonds. The van der Waals surface area contributed by atoms with Crippen LogP contribution in [0.25, 0.3) is 0 Å². The lowest BCUT2D eigenvalue weighted by molar-refractivity contribution is -0.118. The van der Waals surface area contributed by atoms with Gasteiger partial charge in [-0.15, -0.1) is 0 Å². The molecule has 25 heavy (non-hydrogen) atoms. The molecule has 3 rings (SSSR count). The van der Waals surface area contributed by atoms with Crippen LogP contribution in [-0.2, 0) is 14.8 Å². The number of anilines is 1. The van der Waals surface area contributed by atoms with Gasteiger partial charge in [0, 0.05) is 30.1 Å². The molecule has 134 valence electrons. The van der Waals surface area contributed by atoms with Gasteiger partial charge in [-0.25, -0.2) is 8.42 Å². The molecule has 1 aliphatic heterocycles. The third-order valence-corrected chi connectivity index (χ3v) is 6.26. The Hall–Kier alpha value is -2.10. The Morgan fingerprint density at radius 2 is 1.88 bits per heavy atom. The molecule has 0 radical (unpaired) electrons. The molecule has 1 aromatic heterocycles. The molecular weight excluding hydrogens is 364 g/mol. The van der Waals surface area contributed by atoms with Crippen LogP contribution in [0.1, 0.15) is 6.42 Å². The number of thiophene rings is 1. The van der Waals surface area contributed by atoms with Gasteiger partial charge in [0.1, 0.15) is 17.5 Å². The van der Waals surface area contributed by atoms with E-state index in [4.69, 9.17) is 9.47 Å². The third-order valence-electron chi connectivity index (χ3n) is 3.96. The van der Waals surface area contributed by atoms with Crippen molar-refractivity contribution in [1.29, 1.82) is 0 Å².